The molecule has 1 N–H and O–H groups in total. The van der Waals surface area contributed by atoms with Gasteiger partial charge in [-0.1, -0.05) is 0 Å². The van der Waals surface area contributed by atoms with E-state index in [1.165, 1.54) is 5.69 Å². The van der Waals surface area contributed by atoms with Gasteiger partial charge in [0.05, 0.1) is 17.6 Å². The molecule has 0 aromatic carbocycles. The molecule has 0 radical (unpaired) electrons. The molecule has 1 aliphatic carbocycles. The second-order valence-corrected chi connectivity index (χ2v) is 6.49. The zero-order chi connectivity index (χ0) is 15.3. The molecule has 4 rings (SSSR count). The van der Waals surface area contributed by atoms with Crippen LogP contribution in [0, 0.1) is 13.8 Å². The third kappa shape index (κ3) is 1.81. The van der Waals surface area contributed by atoms with Gasteiger partial charge in [-0.15, -0.1) is 0 Å². The maximum Gasteiger partial charge on any atom is 0.273 e. The lowest BCUT2D eigenvalue weighted by atomic mass is 9.70. The maximum atomic E-state index is 13.1. The van der Waals surface area contributed by atoms with Gasteiger partial charge in [-0.3, -0.25) is 4.79 Å². The number of amides is 1. The summed E-state index contributed by atoms with van der Waals surface area (Å²) in [6.45, 7) is 4.68. The summed E-state index contributed by atoms with van der Waals surface area (Å²) < 4.78 is 0. The first-order chi connectivity index (χ1) is 10.6. The second-order valence-electron chi connectivity index (χ2n) is 6.49. The molecule has 114 valence electrons. The predicted octanol–water partition coefficient (Wildman–Crippen LogP) is 2.50. The monoisotopic (exact) mass is 296 g/mol. The van der Waals surface area contributed by atoms with Gasteiger partial charge in [0.1, 0.15) is 5.69 Å². The number of fused-ring (bicyclic) bond motifs is 2. The molecule has 1 aliphatic heterocycles. The molecule has 2 aromatic rings. The molecule has 0 bridgehead atoms. The Morgan fingerprint density at radius 1 is 1.32 bits per heavy atom. The van der Waals surface area contributed by atoms with Crippen LogP contribution in [0.2, 0.25) is 0 Å². The number of aromatic amines is 1. The maximum absolute atomic E-state index is 13.1. The molecular formula is C17H20N4O. The van der Waals surface area contributed by atoms with E-state index >= 15 is 0 Å². The van der Waals surface area contributed by atoms with Gasteiger partial charge in [0.25, 0.3) is 5.91 Å². The summed E-state index contributed by atoms with van der Waals surface area (Å²) in [6, 6.07) is 3.89. The number of hydrogen-bond donors (Lipinski definition) is 1. The number of pyridine rings is 1. The molecule has 0 unspecified atom stereocenters. The van der Waals surface area contributed by atoms with E-state index in [9.17, 15) is 4.79 Å². The van der Waals surface area contributed by atoms with E-state index < -0.39 is 0 Å². The summed E-state index contributed by atoms with van der Waals surface area (Å²) in [6.07, 6.45) is 5.75. The van der Waals surface area contributed by atoms with Crippen molar-refractivity contribution in [2.24, 2.45) is 0 Å². The van der Waals surface area contributed by atoms with E-state index in [4.69, 9.17) is 0 Å². The normalized spacial score (nSPS) is 18.9. The van der Waals surface area contributed by atoms with Crippen molar-refractivity contribution in [3.05, 3.63) is 46.8 Å². The van der Waals surface area contributed by atoms with Gasteiger partial charge in [0.2, 0.25) is 0 Å². The van der Waals surface area contributed by atoms with E-state index in [2.05, 4.69) is 15.0 Å². The number of H-pyrrole nitrogens is 1. The molecule has 1 spiro atoms. The third-order valence-electron chi connectivity index (χ3n) is 5.00. The number of aromatic nitrogens is 3. The first-order valence-corrected chi connectivity index (χ1v) is 7.90. The third-order valence-corrected chi connectivity index (χ3v) is 5.00. The van der Waals surface area contributed by atoms with Crippen molar-refractivity contribution in [2.45, 2.75) is 45.1 Å². The van der Waals surface area contributed by atoms with Crippen molar-refractivity contribution < 1.29 is 4.79 Å². The van der Waals surface area contributed by atoms with E-state index in [1.807, 2.05) is 30.9 Å². The Bertz CT molecular complexity index is 725. The van der Waals surface area contributed by atoms with Crippen LogP contribution in [-0.2, 0) is 12.0 Å². The molecule has 1 saturated carbocycles. The van der Waals surface area contributed by atoms with Crippen LogP contribution in [0.5, 0.6) is 0 Å². The van der Waals surface area contributed by atoms with Crippen LogP contribution < -0.4 is 0 Å². The van der Waals surface area contributed by atoms with Crippen LogP contribution in [-0.4, -0.2) is 32.3 Å². The fourth-order valence-corrected chi connectivity index (χ4v) is 3.88. The van der Waals surface area contributed by atoms with E-state index in [0.29, 0.717) is 5.69 Å². The smallest absolute Gasteiger partial charge is 0.273 e. The van der Waals surface area contributed by atoms with Crippen LogP contribution in [0.3, 0.4) is 0 Å². The molecule has 5 heteroatoms. The van der Waals surface area contributed by atoms with Crippen molar-refractivity contribution in [3.63, 3.8) is 0 Å². The minimum absolute atomic E-state index is 0.0418. The Labute approximate surface area is 129 Å². The van der Waals surface area contributed by atoms with Gasteiger partial charge in [0, 0.05) is 24.4 Å². The van der Waals surface area contributed by atoms with E-state index in [0.717, 1.165) is 49.2 Å². The molecule has 3 heterocycles. The van der Waals surface area contributed by atoms with Crippen LogP contribution in [0.15, 0.2) is 18.5 Å². The molecule has 0 atom stereocenters. The Balaban J connectivity index is 1.74. The van der Waals surface area contributed by atoms with Crippen LogP contribution in [0.25, 0.3) is 0 Å². The van der Waals surface area contributed by atoms with E-state index in [1.54, 1.807) is 6.33 Å². The highest BCUT2D eigenvalue weighted by molar-refractivity contribution is 5.93. The predicted molar refractivity (Wildman–Crippen MR) is 82.6 cm³/mol. The summed E-state index contributed by atoms with van der Waals surface area (Å²) in [5, 5.41) is 0. The van der Waals surface area contributed by atoms with Crippen molar-refractivity contribution in [1.29, 1.82) is 0 Å². The summed E-state index contributed by atoms with van der Waals surface area (Å²) in [4.78, 5) is 27.3. The fourth-order valence-electron chi connectivity index (χ4n) is 3.88. The first kappa shape index (κ1) is 13.5. The van der Waals surface area contributed by atoms with Crippen molar-refractivity contribution in [2.75, 3.05) is 6.54 Å². The van der Waals surface area contributed by atoms with Gasteiger partial charge >= 0.3 is 0 Å². The number of aryl methyl sites for hydroxylation is 2. The summed E-state index contributed by atoms with van der Waals surface area (Å²) in [7, 11) is 0. The highest BCUT2D eigenvalue weighted by Crippen LogP contribution is 2.49. The van der Waals surface area contributed by atoms with Crippen LogP contribution in [0.4, 0.5) is 0 Å². The number of hydrogen-bond acceptors (Lipinski definition) is 3. The van der Waals surface area contributed by atoms with E-state index in [-0.39, 0.29) is 11.4 Å². The van der Waals surface area contributed by atoms with Gasteiger partial charge < -0.3 is 9.88 Å². The number of carbonyl (C=O) groups excluding carboxylic acids is 1. The largest absolute Gasteiger partial charge is 0.348 e. The highest BCUT2D eigenvalue weighted by Gasteiger charge is 2.51. The van der Waals surface area contributed by atoms with Crippen molar-refractivity contribution >= 4 is 5.91 Å². The number of carbonyl (C=O) groups is 1. The van der Waals surface area contributed by atoms with Gasteiger partial charge in [0.15, 0.2) is 0 Å². The van der Waals surface area contributed by atoms with Crippen molar-refractivity contribution in [3.8, 4) is 0 Å². The average Bonchev–Trinajstić information content (AvgIpc) is 2.91. The number of rotatable bonds is 1. The summed E-state index contributed by atoms with van der Waals surface area (Å²) in [5.41, 5.74) is 4.59. The second kappa shape index (κ2) is 4.66. The van der Waals surface area contributed by atoms with Crippen LogP contribution in [0.1, 0.15) is 52.4 Å². The molecule has 22 heavy (non-hydrogen) atoms. The summed E-state index contributed by atoms with van der Waals surface area (Å²) >= 11 is 0. The lowest BCUT2D eigenvalue weighted by molar-refractivity contribution is 0.00406. The topological polar surface area (TPSA) is 61.9 Å². The van der Waals surface area contributed by atoms with Gasteiger partial charge in [-0.25, -0.2) is 9.97 Å². The minimum Gasteiger partial charge on any atom is -0.348 e. The lowest BCUT2D eigenvalue weighted by Crippen LogP contribution is -2.57. The zero-order valence-corrected chi connectivity index (χ0v) is 13.0. The average molecular weight is 296 g/mol. The molecule has 1 amide bonds. The van der Waals surface area contributed by atoms with Gasteiger partial charge in [-0.05, 0) is 50.8 Å². The van der Waals surface area contributed by atoms with Crippen LogP contribution >= 0.6 is 0 Å². The number of nitrogens with zero attached hydrogens (tertiary/aromatic N) is 3. The standard InChI is InChI=1S/C17H20N4O/c1-11-8-12(2)20-14(9-11)16(22)21-7-4-13-15(19-10-18-13)17(21)5-3-6-17/h8-10H,3-7H2,1-2H3,(H,18,19). The first-order valence-electron chi connectivity index (χ1n) is 7.90. The molecule has 2 aromatic heterocycles. The Morgan fingerprint density at radius 2 is 2.14 bits per heavy atom. The lowest BCUT2D eigenvalue weighted by Gasteiger charge is -2.51. The molecule has 2 aliphatic rings. The molecular weight excluding hydrogens is 276 g/mol. The number of imidazole rings is 1. The Morgan fingerprint density at radius 3 is 2.82 bits per heavy atom. The molecule has 1 fully saturated rings. The molecule has 5 nitrogen and oxygen atoms in total. The molecule has 0 saturated heterocycles. The Hall–Kier alpha value is -2.17. The van der Waals surface area contributed by atoms with Crippen molar-refractivity contribution in [1.82, 2.24) is 19.9 Å². The zero-order valence-electron chi connectivity index (χ0n) is 13.0. The summed E-state index contributed by atoms with van der Waals surface area (Å²) in [5.74, 6) is 0.0418. The number of nitrogens with one attached hydrogen (secondary N) is 1. The SMILES string of the molecule is Cc1cc(C)nc(C(=O)N2CCc3[nH]cnc3C23CCC3)c1. The quantitative estimate of drug-likeness (QED) is 0.879. The minimum atomic E-state index is -0.204. The fraction of sp³-hybridized carbons (Fsp3) is 0.471. The van der Waals surface area contributed by atoms with Gasteiger partial charge in [-0.2, -0.15) is 0 Å². The Kier molecular flexibility index (Phi) is 2.86. The highest BCUT2D eigenvalue weighted by atomic mass is 16.2.